The van der Waals surface area contributed by atoms with E-state index in [-0.39, 0.29) is 17.9 Å². The molecule has 20 heavy (non-hydrogen) atoms. The maximum Gasteiger partial charge on any atom is 0.223 e. The molecule has 1 aliphatic carbocycles. The number of amides is 1. The van der Waals surface area contributed by atoms with Gasteiger partial charge in [-0.05, 0) is 33.1 Å². The third-order valence-electron chi connectivity index (χ3n) is 4.22. The molecule has 2 rings (SSSR count). The molecule has 2 aliphatic rings. The lowest BCUT2D eigenvalue weighted by molar-refractivity contribution is -0.127. The van der Waals surface area contributed by atoms with E-state index < -0.39 is 0 Å². The van der Waals surface area contributed by atoms with Crippen LogP contribution in [0.2, 0.25) is 0 Å². The molecular formula is C16H28N2O2. The van der Waals surface area contributed by atoms with E-state index in [1.54, 1.807) is 0 Å². The highest BCUT2D eigenvalue weighted by atomic mass is 16.5. The highest BCUT2D eigenvalue weighted by Gasteiger charge is 2.25. The fourth-order valence-corrected chi connectivity index (χ4v) is 2.60. The number of hydrogen-bond acceptors (Lipinski definition) is 3. The predicted molar refractivity (Wildman–Crippen MR) is 80.6 cm³/mol. The number of ether oxygens (including phenoxy) is 1. The molecule has 0 unspecified atom stereocenters. The molecule has 1 saturated carbocycles. The Labute approximate surface area is 122 Å². The van der Waals surface area contributed by atoms with E-state index in [1.807, 2.05) is 0 Å². The Balaban J connectivity index is 1.62. The van der Waals surface area contributed by atoms with Gasteiger partial charge in [0, 0.05) is 32.1 Å². The Morgan fingerprint density at radius 1 is 1.40 bits per heavy atom. The number of morpholine rings is 1. The average molecular weight is 280 g/mol. The molecule has 114 valence electrons. The molecule has 0 aromatic heterocycles. The molecule has 0 aromatic rings. The van der Waals surface area contributed by atoms with E-state index in [9.17, 15) is 4.79 Å². The van der Waals surface area contributed by atoms with Gasteiger partial charge in [-0.2, -0.15) is 0 Å². The number of allylic oxidation sites excluding steroid dienone is 1. The van der Waals surface area contributed by atoms with Gasteiger partial charge in [-0.15, -0.1) is 0 Å². The van der Waals surface area contributed by atoms with Crippen LogP contribution in [0.1, 0.15) is 39.5 Å². The van der Waals surface area contributed by atoms with Gasteiger partial charge in [-0.3, -0.25) is 9.69 Å². The van der Waals surface area contributed by atoms with Crippen molar-refractivity contribution in [3.05, 3.63) is 11.6 Å². The molecule has 4 nitrogen and oxygen atoms in total. The number of rotatable bonds is 6. The van der Waals surface area contributed by atoms with Crippen molar-refractivity contribution >= 4 is 5.91 Å². The van der Waals surface area contributed by atoms with Gasteiger partial charge in [-0.25, -0.2) is 0 Å². The molecule has 1 heterocycles. The van der Waals surface area contributed by atoms with E-state index in [0.29, 0.717) is 0 Å². The Kier molecular flexibility index (Phi) is 6.05. The maximum atomic E-state index is 11.7. The third kappa shape index (κ3) is 4.91. The lowest BCUT2D eigenvalue weighted by Gasteiger charge is -2.32. The Morgan fingerprint density at radius 2 is 2.20 bits per heavy atom. The Hall–Kier alpha value is -0.870. The second-order valence-corrected chi connectivity index (χ2v) is 6.24. The number of carbonyl (C=O) groups is 1. The van der Waals surface area contributed by atoms with Gasteiger partial charge < -0.3 is 10.1 Å². The summed E-state index contributed by atoms with van der Waals surface area (Å²) in [6.45, 7) is 8.81. The second-order valence-electron chi connectivity index (χ2n) is 6.24. The first-order valence-corrected chi connectivity index (χ1v) is 7.90. The fourth-order valence-electron chi connectivity index (χ4n) is 2.60. The standard InChI is InChI=1S/C16H28N2O2/c1-13(2)7-9-18-10-11-20-15(12-18)6-8-17-16(19)14-4-3-5-14/h7,14-15H,3-6,8-12H2,1-2H3,(H,17,19)/t15-/m1/s1. The summed E-state index contributed by atoms with van der Waals surface area (Å²) in [4.78, 5) is 14.2. The maximum absolute atomic E-state index is 11.7. The first kappa shape index (κ1) is 15.5. The number of nitrogens with one attached hydrogen (secondary N) is 1. The van der Waals surface area contributed by atoms with Gasteiger partial charge in [-0.1, -0.05) is 18.1 Å². The molecule has 2 fully saturated rings. The second kappa shape index (κ2) is 7.79. The van der Waals surface area contributed by atoms with Gasteiger partial charge in [0.15, 0.2) is 0 Å². The molecule has 0 spiro atoms. The van der Waals surface area contributed by atoms with Crippen molar-refractivity contribution in [1.82, 2.24) is 10.2 Å². The van der Waals surface area contributed by atoms with Gasteiger partial charge in [0.05, 0.1) is 12.7 Å². The van der Waals surface area contributed by atoms with Crippen molar-refractivity contribution in [2.45, 2.75) is 45.6 Å². The Bertz CT molecular complexity index is 346. The van der Waals surface area contributed by atoms with Crippen LogP contribution in [0.25, 0.3) is 0 Å². The monoisotopic (exact) mass is 280 g/mol. The quantitative estimate of drug-likeness (QED) is 0.756. The van der Waals surface area contributed by atoms with Crippen LogP contribution in [0.3, 0.4) is 0 Å². The molecule has 0 aromatic carbocycles. The van der Waals surface area contributed by atoms with Crippen LogP contribution in [-0.4, -0.2) is 49.7 Å². The summed E-state index contributed by atoms with van der Waals surface area (Å²) in [5.74, 6) is 0.532. The van der Waals surface area contributed by atoms with Crippen LogP contribution in [0.5, 0.6) is 0 Å². The lowest BCUT2D eigenvalue weighted by Crippen LogP contribution is -2.44. The van der Waals surface area contributed by atoms with Crippen LogP contribution in [0, 0.1) is 5.92 Å². The van der Waals surface area contributed by atoms with Crippen molar-refractivity contribution in [1.29, 1.82) is 0 Å². The summed E-state index contributed by atoms with van der Waals surface area (Å²) in [7, 11) is 0. The van der Waals surface area contributed by atoms with Gasteiger partial charge in [0.1, 0.15) is 0 Å². The predicted octanol–water partition coefficient (Wildman–Crippen LogP) is 1.96. The fraction of sp³-hybridized carbons (Fsp3) is 0.812. The van der Waals surface area contributed by atoms with Crippen molar-refractivity contribution in [3.8, 4) is 0 Å². The molecule has 1 atom stereocenters. The number of carbonyl (C=O) groups excluding carboxylic acids is 1. The van der Waals surface area contributed by atoms with E-state index in [2.05, 4.69) is 30.1 Å². The normalized spacial score (nSPS) is 24.0. The van der Waals surface area contributed by atoms with Gasteiger partial charge in [0.2, 0.25) is 5.91 Å². The SMILES string of the molecule is CC(C)=CCN1CCO[C@H](CCNC(=O)C2CCC2)C1. The van der Waals surface area contributed by atoms with Crippen LogP contribution >= 0.6 is 0 Å². The lowest BCUT2D eigenvalue weighted by atomic mass is 9.85. The summed E-state index contributed by atoms with van der Waals surface area (Å²) in [6, 6.07) is 0. The first-order valence-electron chi connectivity index (χ1n) is 7.90. The largest absolute Gasteiger partial charge is 0.375 e. The Morgan fingerprint density at radius 3 is 2.85 bits per heavy atom. The average Bonchev–Trinajstić information content (AvgIpc) is 2.35. The molecule has 1 saturated heterocycles. The van der Waals surface area contributed by atoms with E-state index in [0.717, 1.165) is 52.0 Å². The summed E-state index contributed by atoms with van der Waals surface area (Å²) in [5, 5.41) is 3.05. The van der Waals surface area contributed by atoms with Crippen molar-refractivity contribution in [2.75, 3.05) is 32.8 Å². The summed E-state index contributed by atoms with van der Waals surface area (Å²) >= 11 is 0. The topological polar surface area (TPSA) is 41.6 Å². The van der Waals surface area contributed by atoms with Crippen LogP contribution < -0.4 is 5.32 Å². The highest BCUT2D eigenvalue weighted by molar-refractivity contribution is 5.79. The van der Waals surface area contributed by atoms with Crippen molar-refractivity contribution in [3.63, 3.8) is 0 Å². The van der Waals surface area contributed by atoms with Crippen molar-refractivity contribution in [2.24, 2.45) is 5.92 Å². The molecular weight excluding hydrogens is 252 g/mol. The van der Waals surface area contributed by atoms with E-state index >= 15 is 0 Å². The minimum absolute atomic E-state index is 0.244. The van der Waals surface area contributed by atoms with E-state index in [4.69, 9.17) is 4.74 Å². The first-order chi connectivity index (χ1) is 9.65. The smallest absolute Gasteiger partial charge is 0.223 e. The van der Waals surface area contributed by atoms with Gasteiger partial charge in [0.25, 0.3) is 0 Å². The van der Waals surface area contributed by atoms with Crippen LogP contribution in [-0.2, 0) is 9.53 Å². The molecule has 1 amide bonds. The molecule has 4 heteroatoms. The molecule has 1 N–H and O–H groups in total. The zero-order valence-electron chi connectivity index (χ0n) is 12.9. The summed E-state index contributed by atoms with van der Waals surface area (Å²) in [6.07, 6.45) is 6.80. The van der Waals surface area contributed by atoms with Crippen molar-refractivity contribution < 1.29 is 9.53 Å². The minimum atomic E-state index is 0.244. The zero-order chi connectivity index (χ0) is 14.4. The minimum Gasteiger partial charge on any atom is -0.375 e. The van der Waals surface area contributed by atoms with E-state index in [1.165, 1.54) is 12.0 Å². The molecule has 0 radical (unpaired) electrons. The van der Waals surface area contributed by atoms with Gasteiger partial charge >= 0.3 is 0 Å². The number of hydrogen-bond donors (Lipinski definition) is 1. The summed E-state index contributed by atoms with van der Waals surface area (Å²) in [5.41, 5.74) is 1.36. The molecule has 1 aliphatic heterocycles. The van der Waals surface area contributed by atoms with Crippen LogP contribution in [0.15, 0.2) is 11.6 Å². The highest BCUT2D eigenvalue weighted by Crippen LogP contribution is 2.26. The molecule has 0 bridgehead atoms. The number of nitrogens with zero attached hydrogens (tertiary/aromatic N) is 1. The van der Waals surface area contributed by atoms with Crippen LogP contribution in [0.4, 0.5) is 0 Å². The zero-order valence-corrected chi connectivity index (χ0v) is 12.9. The summed E-state index contributed by atoms with van der Waals surface area (Å²) < 4.78 is 5.78. The third-order valence-corrected chi connectivity index (χ3v) is 4.22.